The summed E-state index contributed by atoms with van der Waals surface area (Å²) < 4.78 is 0. The fourth-order valence-electron chi connectivity index (χ4n) is 3.07. The quantitative estimate of drug-likeness (QED) is 0.881. The van der Waals surface area contributed by atoms with Crippen molar-refractivity contribution in [2.75, 3.05) is 26.7 Å². The van der Waals surface area contributed by atoms with Crippen LogP contribution in [0.5, 0.6) is 0 Å². The molecule has 0 spiro atoms. The third-order valence-electron chi connectivity index (χ3n) is 4.61. The first-order chi connectivity index (χ1) is 11.6. The molecule has 0 aromatic heterocycles. The van der Waals surface area contributed by atoms with Crippen LogP contribution in [0.3, 0.4) is 0 Å². The number of rotatable bonds is 5. The lowest BCUT2D eigenvalue weighted by molar-refractivity contribution is -0.131. The van der Waals surface area contributed by atoms with E-state index in [2.05, 4.69) is 10.6 Å². The van der Waals surface area contributed by atoms with Gasteiger partial charge in [-0.25, -0.2) is 0 Å². The molecule has 3 rings (SSSR count). The second-order valence-corrected chi connectivity index (χ2v) is 6.22. The van der Waals surface area contributed by atoms with Crippen LogP contribution in [0.25, 0.3) is 10.8 Å². The summed E-state index contributed by atoms with van der Waals surface area (Å²) in [5.74, 6) is -0.0683. The minimum atomic E-state index is -0.140. The molecule has 5 heteroatoms. The maximum absolute atomic E-state index is 12.2. The van der Waals surface area contributed by atoms with Gasteiger partial charge in [-0.15, -0.1) is 0 Å². The smallest absolute Gasteiger partial charge is 0.251 e. The lowest BCUT2D eigenvalue weighted by atomic mass is 10.1. The number of fused-ring (bicyclic) bond motifs is 1. The van der Waals surface area contributed by atoms with E-state index in [4.69, 9.17) is 0 Å². The zero-order chi connectivity index (χ0) is 16.9. The SMILES string of the molecule is CN(C(=O)CCNC(=O)c1ccc2ccccc2c1)C1CCNC1. The summed E-state index contributed by atoms with van der Waals surface area (Å²) in [7, 11) is 1.84. The molecule has 1 unspecified atom stereocenters. The van der Waals surface area contributed by atoms with Crippen molar-refractivity contribution < 1.29 is 9.59 Å². The third-order valence-corrected chi connectivity index (χ3v) is 4.61. The average Bonchev–Trinajstić information content (AvgIpc) is 3.15. The second-order valence-electron chi connectivity index (χ2n) is 6.22. The van der Waals surface area contributed by atoms with Crippen LogP contribution in [-0.4, -0.2) is 49.4 Å². The molecule has 2 amide bonds. The average molecular weight is 325 g/mol. The predicted octanol–water partition coefficient (Wildman–Crippen LogP) is 1.78. The number of hydrogen-bond acceptors (Lipinski definition) is 3. The molecule has 1 aliphatic heterocycles. The number of nitrogens with zero attached hydrogens (tertiary/aromatic N) is 1. The Labute approximate surface area is 142 Å². The molecule has 5 nitrogen and oxygen atoms in total. The molecule has 1 saturated heterocycles. The van der Waals surface area contributed by atoms with E-state index in [1.54, 1.807) is 4.90 Å². The molecule has 1 aliphatic rings. The Morgan fingerprint density at radius 1 is 1.21 bits per heavy atom. The molecule has 0 saturated carbocycles. The third kappa shape index (κ3) is 3.74. The summed E-state index contributed by atoms with van der Waals surface area (Å²) in [6.07, 6.45) is 1.32. The van der Waals surface area contributed by atoms with Gasteiger partial charge in [0.05, 0.1) is 0 Å². The number of benzene rings is 2. The minimum Gasteiger partial charge on any atom is -0.352 e. The summed E-state index contributed by atoms with van der Waals surface area (Å²) in [5.41, 5.74) is 0.620. The number of likely N-dealkylation sites (N-methyl/N-ethyl adjacent to an activating group) is 1. The summed E-state index contributed by atoms with van der Waals surface area (Å²) in [6.45, 7) is 2.17. The number of carbonyl (C=O) groups is 2. The van der Waals surface area contributed by atoms with Crippen molar-refractivity contribution >= 4 is 22.6 Å². The summed E-state index contributed by atoms with van der Waals surface area (Å²) in [4.78, 5) is 26.2. The van der Waals surface area contributed by atoms with Gasteiger partial charge in [-0.1, -0.05) is 30.3 Å². The van der Waals surface area contributed by atoms with Gasteiger partial charge in [0.15, 0.2) is 0 Å². The van der Waals surface area contributed by atoms with E-state index >= 15 is 0 Å². The summed E-state index contributed by atoms with van der Waals surface area (Å²) in [5, 5.41) is 8.24. The highest BCUT2D eigenvalue weighted by Gasteiger charge is 2.22. The van der Waals surface area contributed by atoms with Crippen molar-refractivity contribution in [1.29, 1.82) is 0 Å². The Bertz CT molecular complexity index is 738. The van der Waals surface area contributed by atoms with Crippen LogP contribution in [0.1, 0.15) is 23.2 Å². The maximum atomic E-state index is 12.2. The molecule has 1 heterocycles. The Hall–Kier alpha value is -2.40. The normalized spacial score (nSPS) is 17.0. The second kappa shape index (κ2) is 7.45. The monoisotopic (exact) mass is 325 g/mol. The van der Waals surface area contributed by atoms with Crippen LogP contribution in [0.2, 0.25) is 0 Å². The van der Waals surface area contributed by atoms with Crippen molar-refractivity contribution in [1.82, 2.24) is 15.5 Å². The van der Waals surface area contributed by atoms with Crippen LogP contribution in [-0.2, 0) is 4.79 Å². The Kier molecular flexibility index (Phi) is 5.11. The zero-order valence-corrected chi connectivity index (χ0v) is 13.9. The standard InChI is InChI=1S/C19H23N3O2/c1-22(17-8-10-20-13-17)18(23)9-11-21-19(24)16-7-6-14-4-2-3-5-15(14)12-16/h2-7,12,17,20H,8-11,13H2,1H3,(H,21,24). The van der Waals surface area contributed by atoms with Gasteiger partial charge in [0.2, 0.25) is 5.91 Å². The summed E-state index contributed by atoms with van der Waals surface area (Å²) in [6, 6.07) is 13.8. The van der Waals surface area contributed by atoms with Gasteiger partial charge in [0.1, 0.15) is 0 Å². The van der Waals surface area contributed by atoms with Crippen molar-refractivity contribution in [3.05, 3.63) is 48.0 Å². The number of carbonyl (C=O) groups excluding carboxylic acids is 2. The van der Waals surface area contributed by atoms with Crippen LogP contribution >= 0.6 is 0 Å². The fourth-order valence-corrected chi connectivity index (χ4v) is 3.07. The van der Waals surface area contributed by atoms with E-state index in [0.29, 0.717) is 18.5 Å². The van der Waals surface area contributed by atoms with Crippen LogP contribution in [0, 0.1) is 0 Å². The van der Waals surface area contributed by atoms with E-state index in [0.717, 1.165) is 30.3 Å². The molecular weight excluding hydrogens is 302 g/mol. The molecule has 1 atom stereocenters. The largest absolute Gasteiger partial charge is 0.352 e. The minimum absolute atomic E-state index is 0.0718. The first-order valence-corrected chi connectivity index (χ1v) is 8.38. The molecule has 0 radical (unpaired) electrons. The van der Waals surface area contributed by atoms with Crippen molar-refractivity contribution in [3.8, 4) is 0 Å². The Morgan fingerprint density at radius 2 is 2.00 bits per heavy atom. The van der Waals surface area contributed by atoms with Gasteiger partial charge in [0, 0.05) is 38.2 Å². The lowest BCUT2D eigenvalue weighted by Gasteiger charge is -2.23. The highest BCUT2D eigenvalue weighted by atomic mass is 16.2. The van der Waals surface area contributed by atoms with Gasteiger partial charge >= 0.3 is 0 Å². The molecule has 0 bridgehead atoms. The van der Waals surface area contributed by atoms with Gasteiger partial charge in [-0.3, -0.25) is 9.59 Å². The topological polar surface area (TPSA) is 61.4 Å². The first kappa shape index (κ1) is 16.5. The Balaban J connectivity index is 1.52. The number of hydrogen-bond donors (Lipinski definition) is 2. The van der Waals surface area contributed by atoms with Gasteiger partial charge in [-0.05, 0) is 35.9 Å². The van der Waals surface area contributed by atoms with Gasteiger partial charge < -0.3 is 15.5 Å². The number of amides is 2. The summed E-state index contributed by atoms with van der Waals surface area (Å²) >= 11 is 0. The molecule has 0 aliphatic carbocycles. The molecule has 24 heavy (non-hydrogen) atoms. The van der Waals surface area contributed by atoms with Crippen molar-refractivity contribution in [2.24, 2.45) is 0 Å². The first-order valence-electron chi connectivity index (χ1n) is 8.38. The van der Waals surface area contributed by atoms with E-state index in [-0.39, 0.29) is 17.9 Å². The van der Waals surface area contributed by atoms with Crippen LogP contribution in [0.15, 0.2) is 42.5 Å². The molecular formula is C19H23N3O2. The van der Waals surface area contributed by atoms with Crippen LogP contribution < -0.4 is 10.6 Å². The Morgan fingerprint density at radius 3 is 2.75 bits per heavy atom. The molecule has 1 fully saturated rings. The molecule has 2 aromatic rings. The molecule has 2 aromatic carbocycles. The van der Waals surface area contributed by atoms with E-state index < -0.39 is 0 Å². The van der Waals surface area contributed by atoms with E-state index in [9.17, 15) is 9.59 Å². The fraction of sp³-hybridized carbons (Fsp3) is 0.368. The number of nitrogens with one attached hydrogen (secondary N) is 2. The van der Waals surface area contributed by atoms with Crippen molar-refractivity contribution in [2.45, 2.75) is 18.9 Å². The maximum Gasteiger partial charge on any atom is 0.251 e. The highest BCUT2D eigenvalue weighted by molar-refractivity contribution is 5.98. The lowest BCUT2D eigenvalue weighted by Crippen LogP contribution is -2.40. The van der Waals surface area contributed by atoms with E-state index in [1.165, 1.54) is 0 Å². The highest BCUT2D eigenvalue weighted by Crippen LogP contribution is 2.15. The van der Waals surface area contributed by atoms with Gasteiger partial charge in [0.25, 0.3) is 5.91 Å². The molecule has 2 N–H and O–H groups in total. The van der Waals surface area contributed by atoms with Crippen molar-refractivity contribution in [3.63, 3.8) is 0 Å². The zero-order valence-electron chi connectivity index (χ0n) is 13.9. The van der Waals surface area contributed by atoms with E-state index in [1.807, 2.05) is 49.5 Å². The predicted molar refractivity (Wildman–Crippen MR) is 94.9 cm³/mol. The van der Waals surface area contributed by atoms with Crippen LogP contribution in [0.4, 0.5) is 0 Å². The van der Waals surface area contributed by atoms with Gasteiger partial charge in [-0.2, -0.15) is 0 Å². The molecule has 126 valence electrons.